The lowest BCUT2D eigenvalue weighted by molar-refractivity contribution is 0.0682. The van der Waals surface area contributed by atoms with Crippen molar-refractivity contribution in [2.75, 3.05) is 0 Å². The number of rotatable bonds is 5. The van der Waals surface area contributed by atoms with E-state index >= 15 is 0 Å². The van der Waals surface area contributed by atoms with E-state index in [2.05, 4.69) is 42.1 Å². The number of fused-ring (bicyclic) bond motifs is 1. The van der Waals surface area contributed by atoms with Crippen LogP contribution in [0, 0.1) is 0 Å². The summed E-state index contributed by atoms with van der Waals surface area (Å²) in [4.78, 5) is 0. The quantitative estimate of drug-likeness (QED) is 0.799. The highest BCUT2D eigenvalue weighted by molar-refractivity contribution is 5.83. The van der Waals surface area contributed by atoms with Crippen molar-refractivity contribution in [2.45, 2.75) is 45.1 Å². The van der Waals surface area contributed by atoms with Crippen molar-refractivity contribution < 1.29 is 5.11 Å². The van der Waals surface area contributed by atoms with Gasteiger partial charge in [-0.3, -0.25) is 0 Å². The molecular weight excluding hydrogens is 222 g/mol. The van der Waals surface area contributed by atoms with Crippen LogP contribution in [0.3, 0.4) is 0 Å². The Bertz CT molecular complexity index is 519. The number of nitrogens with zero attached hydrogens (tertiary/aromatic N) is 1. The zero-order chi connectivity index (χ0) is 13.2. The second kappa shape index (κ2) is 5.15. The van der Waals surface area contributed by atoms with E-state index in [1.807, 2.05) is 13.8 Å². The highest BCUT2D eigenvalue weighted by Crippen LogP contribution is 2.22. The maximum absolute atomic E-state index is 9.69. The van der Waals surface area contributed by atoms with Crippen LogP contribution in [0.2, 0.25) is 0 Å². The summed E-state index contributed by atoms with van der Waals surface area (Å²) in [5.74, 6) is 0. The second-order valence-electron chi connectivity index (χ2n) is 5.80. The molecule has 1 heterocycles. The van der Waals surface area contributed by atoms with Crippen LogP contribution in [0.25, 0.3) is 10.9 Å². The number of aromatic nitrogens is 1. The summed E-state index contributed by atoms with van der Waals surface area (Å²) in [5, 5.41) is 11.1. The number of para-hydroxylation sites is 1. The monoisotopic (exact) mass is 245 g/mol. The lowest BCUT2D eigenvalue weighted by atomic mass is 9.99. The van der Waals surface area contributed by atoms with E-state index in [1.165, 1.54) is 16.5 Å². The normalized spacial score (nSPS) is 12.2. The van der Waals surface area contributed by atoms with E-state index < -0.39 is 5.60 Å². The predicted octanol–water partition coefficient (Wildman–Crippen LogP) is 3.66. The molecule has 2 heteroatoms. The summed E-state index contributed by atoms with van der Waals surface area (Å²) >= 11 is 0. The molecule has 1 aromatic carbocycles. The van der Waals surface area contributed by atoms with Gasteiger partial charge in [0.1, 0.15) is 0 Å². The Hall–Kier alpha value is -1.28. The van der Waals surface area contributed by atoms with Crippen molar-refractivity contribution in [1.29, 1.82) is 0 Å². The minimum atomic E-state index is -0.529. The molecule has 0 aliphatic rings. The SMILES string of the molecule is Cn1cc(CCCCC(C)(C)O)c2ccccc21. The number of aryl methyl sites for hydroxylation is 2. The zero-order valence-electron chi connectivity index (χ0n) is 11.6. The average molecular weight is 245 g/mol. The molecule has 0 bridgehead atoms. The summed E-state index contributed by atoms with van der Waals surface area (Å²) in [7, 11) is 2.10. The molecule has 0 amide bonds. The fraction of sp³-hybridized carbons (Fsp3) is 0.500. The van der Waals surface area contributed by atoms with Crippen molar-refractivity contribution in [1.82, 2.24) is 4.57 Å². The molecule has 0 aliphatic heterocycles. The van der Waals surface area contributed by atoms with Crippen LogP contribution in [0.4, 0.5) is 0 Å². The van der Waals surface area contributed by atoms with E-state index in [4.69, 9.17) is 0 Å². The molecule has 0 unspecified atom stereocenters. The average Bonchev–Trinajstić information content (AvgIpc) is 2.62. The first-order valence-electron chi connectivity index (χ1n) is 6.73. The van der Waals surface area contributed by atoms with Gasteiger partial charge in [-0.2, -0.15) is 0 Å². The molecule has 0 saturated carbocycles. The molecule has 2 nitrogen and oxygen atoms in total. The summed E-state index contributed by atoms with van der Waals surface area (Å²) in [6.45, 7) is 3.76. The number of aliphatic hydroxyl groups is 1. The zero-order valence-corrected chi connectivity index (χ0v) is 11.6. The van der Waals surface area contributed by atoms with Gasteiger partial charge in [-0.05, 0) is 44.7 Å². The molecule has 0 radical (unpaired) electrons. The number of hydrogen-bond acceptors (Lipinski definition) is 1. The van der Waals surface area contributed by atoms with Crippen molar-refractivity contribution >= 4 is 10.9 Å². The number of benzene rings is 1. The first-order valence-corrected chi connectivity index (χ1v) is 6.73. The molecule has 18 heavy (non-hydrogen) atoms. The first-order chi connectivity index (χ1) is 8.47. The summed E-state index contributed by atoms with van der Waals surface area (Å²) in [6, 6.07) is 8.54. The van der Waals surface area contributed by atoms with Gasteiger partial charge in [0.2, 0.25) is 0 Å². The van der Waals surface area contributed by atoms with E-state index in [-0.39, 0.29) is 0 Å². The van der Waals surface area contributed by atoms with E-state index in [0.717, 1.165) is 25.7 Å². The largest absolute Gasteiger partial charge is 0.390 e. The van der Waals surface area contributed by atoms with Gasteiger partial charge in [0.15, 0.2) is 0 Å². The van der Waals surface area contributed by atoms with Crippen molar-refractivity contribution in [2.24, 2.45) is 7.05 Å². The fourth-order valence-corrected chi connectivity index (χ4v) is 2.50. The van der Waals surface area contributed by atoms with Gasteiger partial charge in [0.05, 0.1) is 5.60 Å². The Kier molecular flexibility index (Phi) is 3.76. The van der Waals surface area contributed by atoms with Gasteiger partial charge >= 0.3 is 0 Å². The van der Waals surface area contributed by atoms with Gasteiger partial charge in [0.25, 0.3) is 0 Å². The summed E-state index contributed by atoms with van der Waals surface area (Å²) < 4.78 is 2.20. The lowest BCUT2D eigenvalue weighted by Gasteiger charge is -2.16. The van der Waals surface area contributed by atoms with Crippen LogP contribution in [-0.2, 0) is 13.5 Å². The molecule has 0 spiro atoms. The molecule has 0 atom stereocenters. The third kappa shape index (κ3) is 3.14. The van der Waals surface area contributed by atoms with E-state index in [1.54, 1.807) is 0 Å². The maximum atomic E-state index is 9.69. The second-order valence-corrected chi connectivity index (χ2v) is 5.80. The fourth-order valence-electron chi connectivity index (χ4n) is 2.50. The Morgan fingerprint density at radius 3 is 2.61 bits per heavy atom. The van der Waals surface area contributed by atoms with Gasteiger partial charge in [-0.25, -0.2) is 0 Å². The van der Waals surface area contributed by atoms with E-state index in [0.29, 0.717) is 0 Å². The topological polar surface area (TPSA) is 25.2 Å². The van der Waals surface area contributed by atoms with Crippen LogP contribution in [0.5, 0.6) is 0 Å². The van der Waals surface area contributed by atoms with Crippen molar-refractivity contribution in [3.63, 3.8) is 0 Å². The van der Waals surface area contributed by atoms with Crippen LogP contribution in [0.1, 0.15) is 38.7 Å². The van der Waals surface area contributed by atoms with Gasteiger partial charge in [0, 0.05) is 24.1 Å². The molecule has 98 valence electrons. The maximum Gasteiger partial charge on any atom is 0.0591 e. The molecule has 0 aliphatic carbocycles. The third-order valence-electron chi connectivity index (χ3n) is 3.46. The lowest BCUT2D eigenvalue weighted by Crippen LogP contribution is -2.17. The Morgan fingerprint density at radius 1 is 1.17 bits per heavy atom. The van der Waals surface area contributed by atoms with E-state index in [9.17, 15) is 5.11 Å². The number of hydrogen-bond donors (Lipinski definition) is 1. The molecule has 2 aromatic rings. The Labute approximate surface area is 109 Å². The summed E-state index contributed by atoms with van der Waals surface area (Å²) in [5.41, 5.74) is 2.19. The minimum Gasteiger partial charge on any atom is -0.390 e. The highest BCUT2D eigenvalue weighted by Gasteiger charge is 2.12. The minimum absolute atomic E-state index is 0.529. The molecule has 2 rings (SSSR count). The highest BCUT2D eigenvalue weighted by atomic mass is 16.3. The first kappa shape index (κ1) is 13.2. The van der Waals surface area contributed by atoms with Crippen LogP contribution >= 0.6 is 0 Å². The van der Waals surface area contributed by atoms with Crippen LogP contribution in [-0.4, -0.2) is 15.3 Å². The third-order valence-corrected chi connectivity index (χ3v) is 3.46. The van der Waals surface area contributed by atoms with Crippen LogP contribution in [0.15, 0.2) is 30.5 Å². The van der Waals surface area contributed by atoms with Crippen molar-refractivity contribution in [3.8, 4) is 0 Å². The van der Waals surface area contributed by atoms with Gasteiger partial charge in [-0.15, -0.1) is 0 Å². The molecule has 1 aromatic heterocycles. The molecule has 0 fully saturated rings. The summed E-state index contributed by atoms with van der Waals surface area (Å²) in [6.07, 6.45) is 6.41. The van der Waals surface area contributed by atoms with Crippen molar-refractivity contribution in [3.05, 3.63) is 36.0 Å². The Balaban J connectivity index is 2.00. The molecule has 0 saturated heterocycles. The molecular formula is C16H23NO. The number of unbranched alkanes of at least 4 members (excludes halogenated alkanes) is 1. The smallest absolute Gasteiger partial charge is 0.0591 e. The standard InChI is InChI=1S/C16H23NO/c1-16(2,18)11-7-6-8-13-12-17(3)15-10-5-4-9-14(13)15/h4-5,9-10,12,18H,6-8,11H2,1-3H3. The van der Waals surface area contributed by atoms with Gasteiger partial charge < -0.3 is 9.67 Å². The Morgan fingerprint density at radius 2 is 1.89 bits per heavy atom. The van der Waals surface area contributed by atoms with Crippen LogP contribution < -0.4 is 0 Å². The molecule has 1 N–H and O–H groups in total. The van der Waals surface area contributed by atoms with Gasteiger partial charge in [-0.1, -0.05) is 24.6 Å². The predicted molar refractivity (Wildman–Crippen MR) is 76.8 cm³/mol.